The van der Waals surface area contributed by atoms with Crippen LogP contribution in [0.3, 0.4) is 0 Å². The van der Waals surface area contributed by atoms with Gasteiger partial charge in [-0.05, 0) is 24.3 Å². The van der Waals surface area contributed by atoms with Crippen LogP contribution in [0.5, 0.6) is 0 Å². The summed E-state index contributed by atoms with van der Waals surface area (Å²) in [5.41, 5.74) is 2.32. The molecule has 2 aromatic rings. The third-order valence-corrected chi connectivity index (χ3v) is 5.15. The fraction of sp³-hybridized carbons (Fsp3) is 0.533. The van der Waals surface area contributed by atoms with Crippen LogP contribution >= 0.6 is 22.7 Å². The zero-order chi connectivity index (χ0) is 14.4. The second-order valence-corrected chi connectivity index (χ2v) is 6.46. The summed E-state index contributed by atoms with van der Waals surface area (Å²) in [6, 6.07) is 2.63. The number of rotatable bonds is 8. The molecule has 3 nitrogen and oxygen atoms in total. The first-order valence-electron chi connectivity index (χ1n) is 7.10. The topological polar surface area (TPSA) is 36.4 Å². The van der Waals surface area contributed by atoms with Crippen molar-refractivity contribution in [1.82, 2.24) is 9.88 Å². The summed E-state index contributed by atoms with van der Waals surface area (Å²) in [5.74, 6) is 0. The Morgan fingerprint density at radius 1 is 1.30 bits per heavy atom. The van der Waals surface area contributed by atoms with Gasteiger partial charge in [-0.2, -0.15) is 11.3 Å². The van der Waals surface area contributed by atoms with Gasteiger partial charge in [0.15, 0.2) is 0 Å². The van der Waals surface area contributed by atoms with Crippen LogP contribution in [0.2, 0.25) is 0 Å². The summed E-state index contributed by atoms with van der Waals surface area (Å²) in [7, 11) is 0. The lowest BCUT2D eigenvalue weighted by Crippen LogP contribution is -2.36. The number of hydrogen-bond donors (Lipinski definition) is 1. The van der Waals surface area contributed by atoms with Crippen molar-refractivity contribution < 1.29 is 5.11 Å². The third-order valence-electron chi connectivity index (χ3n) is 3.53. The maximum atomic E-state index is 9.25. The molecule has 0 fully saturated rings. The Balaban J connectivity index is 2.07. The van der Waals surface area contributed by atoms with Gasteiger partial charge in [0.2, 0.25) is 0 Å². The van der Waals surface area contributed by atoms with Crippen LogP contribution in [0.25, 0.3) is 10.6 Å². The minimum atomic E-state index is 0.206. The molecule has 0 atom stereocenters. The molecule has 0 radical (unpaired) electrons. The summed E-state index contributed by atoms with van der Waals surface area (Å²) in [6.07, 6.45) is 2.22. The molecule has 110 valence electrons. The van der Waals surface area contributed by atoms with Gasteiger partial charge >= 0.3 is 0 Å². The molecule has 5 heteroatoms. The van der Waals surface area contributed by atoms with Crippen molar-refractivity contribution in [3.05, 3.63) is 27.9 Å². The van der Waals surface area contributed by atoms with Gasteiger partial charge in [-0.25, -0.2) is 4.98 Å². The van der Waals surface area contributed by atoms with Crippen LogP contribution in [0, 0.1) is 0 Å². The number of aliphatic hydroxyl groups excluding tert-OH is 1. The Morgan fingerprint density at radius 2 is 2.10 bits per heavy atom. The molecular formula is C15H22N2OS2. The molecule has 0 bridgehead atoms. The Hall–Kier alpha value is -0.750. The van der Waals surface area contributed by atoms with Gasteiger partial charge in [0, 0.05) is 35.5 Å². The molecule has 0 spiro atoms. The lowest BCUT2D eigenvalue weighted by molar-refractivity contribution is 0.135. The molecule has 0 amide bonds. The predicted octanol–water partition coefficient (Wildman–Crippen LogP) is 3.85. The minimum Gasteiger partial charge on any atom is -0.395 e. The highest BCUT2D eigenvalue weighted by molar-refractivity contribution is 7.14. The molecule has 2 rings (SSSR count). The van der Waals surface area contributed by atoms with Crippen molar-refractivity contribution in [2.24, 2.45) is 0 Å². The van der Waals surface area contributed by atoms with Crippen molar-refractivity contribution in [2.75, 3.05) is 13.2 Å². The fourth-order valence-corrected chi connectivity index (χ4v) is 3.95. The van der Waals surface area contributed by atoms with E-state index in [1.54, 1.807) is 22.7 Å². The molecule has 0 aliphatic carbocycles. The average Bonchev–Trinajstić information content (AvgIpc) is 3.10. The number of thiophene rings is 1. The van der Waals surface area contributed by atoms with E-state index >= 15 is 0 Å². The molecule has 0 aromatic carbocycles. The minimum absolute atomic E-state index is 0.206. The van der Waals surface area contributed by atoms with Gasteiger partial charge in [0.05, 0.1) is 12.3 Å². The summed E-state index contributed by atoms with van der Waals surface area (Å²) in [4.78, 5) is 7.07. The summed E-state index contributed by atoms with van der Waals surface area (Å²) >= 11 is 3.40. The normalized spacial score (nSPS) is 11.7. The average molecular weight is 310 g/mol. The molecular weight excluding hydrogens is 288 g/mol. The van der Waals surface area contributed by atoms with Crippen LogP contribution in [-0.4, -0.2) is 34.2 Å². The van der Waals surface area contributed by atoms with Crippen LogP contribution < -0.4 is 0 Å². The van der Waals surface area contributed by atoms with Crippen molar-refractivity contribution in [1.29, 1.82) is 0 Å². The van der Waals surface area contributed by atoms with Crippen molar-refractivity contribution in [3.8, 4) is 10.6 Å². The van der Waals surface area contributed by atoms with E-state index in [0.29, 0.717) is 6.04 Å². The summed E-state index contributed by atoms with van der Waals surface area (Å²) in [5, 5.41) is 16.7. The van der Waals surface area contributed by atoms with E-state index in [0.717, 1.165) is 36.6 Å². The first kappa shape index (κ1) is 15.6. The van der Waals surface area contributed by atoms with Gasteiger partial charge in [0.25, 0.3) is 0 Å². The lowest BCUT2D eigenvalue weighted by Gasteiger charge is -2.29. The molecule has 0 saturated carbocycles. The van der Waals surface area contributed by atoms with E-state index in [2.05, 4.69) is 41.0 Å². The summed E-state index contributed by atoms with van der Waals surface area (Å²) in [6.45, 7) is 6.16. The predicted molar refractivity (Wildman–Crippen MR) is 87.3 cm³/mol. The Morgan fingerprint density at radius 3 is 2.70 bits per heavy atom. The van der Waals surface area contributed by atoms with Crippen LogP contribution in [0.1, 0.15) is 32.4 Å². The Kier molecular flexibility index (Phi) is 6.16. The number of nitrogens with zero attached hydrogens (tertiary/aromatic N) is 2. The van der Waals surface area contributed by atoms with Gasteiger partial charge < -0.3 is 5.11 Å². The van der Waals surface area contributed by atoms with Gasteiger partial charge in [-0.3, -0.25) is 4.90 Å². The number of hydrogen-bond acceptors (Lipinski definition) is 5. The number of aliphatic hydroxyl groups is 1. The third kappa shape index (κ3) is 3.88. The van der Waals surface area contributed by atoms with Crippen LogP contribution in [-0.2, 0) is 6.54 Å². The van der Waals surface area contributed by atoms with Crippen LogP contribution in [0.15, 0.2) is 22.2 Å². The number of thiazole rings is 1. The second kappa shape index (κ2) is 7.88. The highest BCUT2D eigenvalue weighted by Gasteiger charge is 2.16. The monoisotopic (exact) mass is 310 g/mol. The zero-order valence-corrected chi connectivity index (χ0v) is 13.7. The van der Waals surface area contributed by atoms with E-state index in [-0.39, 0.29) is 6.61 Å². The molecule has 0 saturated heterocycles. The smallest absolute Gasteiger partial charge is 0.124 e. The number of aromatic nitrogens is 1. The van der Waals surface area contributed by atoms with E-state index < -0.39 is 0 Å². The first-order chi connectivity index (χ1) is 9.78. The molecule has 0 unspecified atom stereocenters. The summed E-state index contributed by atoms with van der Waals surface area (Å²) < 4.78 is 0. The molecule has 2 aromatic heterocycles. The zero-order valence-electron chi connectivity index (χ0n) is 12.1. The lowest BCUT2D eigenvalue weighted by atomic mass is 10.1. The second-order valence-electron chi connectivity index (χ2n) is 4.82. The van der Waals surface area contributed by atoms with Crippen LogP contribution in [0.4, 0.5) is 0 Å². The van der Waals surface area contributed by atoms with Crippen molar-refractivity contribution >= 4 is 22.7 Å². The van der Waals surface area contributed by atoms with E-state index in [1.807, 2.05) is 0 Å². The van der Waals surface area contributed by atoms with E-state index in [9.17, 15) is 5.11 Å². The quantitative estimate of drug-likeness (QED) is 0.804. The van der Waals surface area contributed by atoms with Gasteiger partial charge in [0.1, 0.15) is 5.01 Å². The highest BCUT2D eigenvalue weighted by Crippen LogP contribution is 2.26. The first-order valence-corrected chi connectivity index (χ1v) is 8.92. The Bertz CT molecular complexity index is 492. The molecule has 2 heterocycles. The van der Waals surface area contributed by atoms with Gasteiger partial charge in [-0.1, -0.05) is 13.8 Å². The maximum Gasteiger partial charge on any atom is 0.124 e. The Labute approximate surface area is 128 Å². The SMILES string of the molecule is CCC(CC)N(CCO)Cc1csc(-c2ccsc2)n1. The largest absolute Gasteiger partial charge is 0.395 e. The van der Waals surface area contributed by atoms with E-state index in [4.69, 9.17) is 4.98 Å². The van der Waals surface area contributed by atoms with Gasteiger partial charge in [-0.15, -0.1) is 11.3 Å². The molecule has 1 N–H and O–H groups in total. The fourth-order valence-electron chi connectivity index (χ4n) is 2.43. The van der Waals surface area contributed by atoms with Crippen molar-refractivity contribution in [3.63, 3.8) is 0 Å². The van der Waals surface area contributed by atoms with E-state index in [1.165, 1.54) is 5.56 Å². The molecule has 0 aliphatic rings. The highest BCUT2D eigenvalue weighted by atomic mass is 32.1. The molecule has 20 heavy (non-hydrogen) atoms. The molecule has 0 aliphatic heterocycles. The standard InChI is InChI=1S/C15H22N2OS2/c1-3-14(4-2)17(6-7-18)9-13-11-20-15(16-13)12-5-8-19-10-12/h5,8,10-11,14,18H,3-4,6-7,9H2,1-2H3. The van der Waals surface area contributed by atoms with Crippen molar-refractivity contribution in [2.45, 2.75) is 39.3 Å². The maximum absolute atomic E-state index is 9.25.